The summed E-state index contributed by atoms with van der Waals surface area (Å²) in [6.45, 7) is 0.0450. The molecule has 0 spiro atoms. The normalized spacial score (nSPS) is 10.3. The molecule has 0 fully saturated rings. The molecule has 0 heterocycles. The smallest absolute Gasteiger partial charge is 0.343 e. The van der Waals surface area contributed by atoms with Crippen molar-refractivity contribution in [3.05, 3.63) is 95.6 Å². The van der Waals surface area contributed by atoms with Crippen LogP contribution >= 0.6 is 0 Å². The molecular formula is C23H20O5. The van der Waals surface area contributed by atoms with E-state index in [1.165, 1.54) is 13.2 Å². The van der Waals surface area contributed by atoms with Gasteiger partial charge in [-0.3, -0.25) is 4.79 Å². The molecule has 5 heteroatoms. The number of methoxy groups -OCH3 is 1. The number of esters is 1. The molecule has 0 radical (unpaired) electrons. The zero-order valence-corrected chi connectivity index (χ0v) is 15.5. The highest BCUT2D eigenvalue weighted by Crippen LogP contribution is 2.27. The van der Waals surface area contributed by atoms with E-state index in [1.807, 2.05) is 36.4 Å². The summed E-state index contributed by atoms with van der Waals surface area (Å²) >= 11 is 0. The molecule has 3 aromatic carbocycles. The first-order valence-corrected chi connectivity index (χ1v) is 8.77. The van der Waals surface area contributed by atoms with Gasteiger partial charge in [-0.15, -0.1) is 0 Å². The molecule has 0 saturated heterocycles. The maximum atomic E-state index is 12.8. The standard InChI is InChI=1S/C23H20O5/c1-26-16-27-19-12-13-20(21(24)14-17-8-4-2-5-9-17)22(15-19)28-23(25)18-10-6-3-7-11-18/h2-13,15H,14,16H2,1H3. The number of carbonyl (C=O) groups is 2. The van der Waals surface area contributed by atoms with Crippen molar-refractivity contribution in [3.63, 3.8) is 0 Å². The summed E-state index contributed by atoms with van der Waals surface area (Å²) in [5.74, 6) is -0.101. The van der Waals surface area contributed by atoms with Crippen molar-refractivity contribution in [1.29, 1.82) is 0 Å². The second-order valence-electron chi connectivity index (χ2n) is 6.05. The lowest BCUT2D eigenvalue weighted by Gasteiger charge is -2.12. The summed E-state index contributed by atoms with van der Waals surface area (Å²) < 4.78 is 15.8. The highest BCUT2D eigenvalue weighted by Gasteiger charge is 2.18. The maximum Gasteiger partial charge on any atom is 0.343 e. The molecule has 0 aliphatic heterocycles. The van der Waals surface area contributed by atoms with Gasteiger partial charge in [0.25, 0.3) is 0 Å². The molecule has 0 saturated carbocycles. The van der Waals surface area contributed by atoms with Crippen LogP contribution in [-0.2, 0) is 11.2 Å². The highest BCUT2D eigenvalue weighted by atomic mass is 16.7. The Morgan fingerprint density at radius 2 is 1.54 bits per heavy atom. The fraction of sp³-hybridized carbons (Fsp3) is 0.130. The van der Waals surface area contributed by atoms with Gasteiger partial charge in [0.05, 0.1) is 11.1 Å². The van der Waals surface area contributed by atoms with Crippen molar-refractivity contribution in [2.24, 2.45) is 0 Å². The van der Waals surface area contributed by atoms with Crippen LogP contribution in [0.2, 0.25) is 0 Å². The molecule has 0 aliphatic rings. The van der Waals surface area contributed by atoms with E-state index in [-0.39, 0.29) is 24.7 Å². The van der Waals surface area contributed by atoms with Crippen molar-refractivity contribution < 1.29 is 23.8 Å². The quantitative estimate of drug-likeness (QED) is 0.254. The third-order valence-corrected chi connectivity index (χ3v) is 4.02. The zero-order chi connectivity index (χ0) is 19.8. The molecule has 142 valence electrons. The van der Waals surface area contributed by atoms with Crippen molar-refractivity contribution in [3.8, 4) is 11.5 Å². The van der Waals surface area contributed by atoms with E-state index >= 15 is 0 Å². The molecule has 0 bridgehead atoms. The Hall–Kier alpha value is -3.44. The van der Waals surface area contributed by atoms with Crippen LogP contribution in [0.5, 0.6) is 11.5 Å². The number of ketones is 1. The van der Waals surface area contributed by atoms with E-state index in [1.54, 1.807) is 36.4 Å². The van der Waals surface area contributed by atoms with Gasteiger partial charge < -0.3 is 14.2 Å². The highest BCUT2D eigenvalue weighted by molar-refractivity contribution is 6.01. The summed E-state index contributed by atoms with van der Waals surface area (Å²) in [6.07, 6.45) is 0.203. The first kappa shape index (κ1) is 19.3. The zero-order valence-electron chi connectivity index (χ0n) is 15.5. The minimum absolute atomic E-state index is 0.0450. The Kier molecular flexibility index (Phi) is 6.54. The topological polar surface area (TPSA) is 61.8 Å². The largest absolute Gasteiger partial charge is 0.467 e. The fourth-order valence-electron chi connectivity index (χ4n) is 2.64. The first-order valence-electron chi connectivity index (χ1n) is 8.77. The lowest BCUT2D eigenvalue weighted by atomic mass is 10.0. The second kappa shape index (κ2) is 9.48. The minimum atomic E-state index is -0.543. The Labute approximate surface area is 163 Å². The van der Waals surface area contributed by atoms with Crippen LogP contribution in [0.25, 0.3) is 0 Å². The Bertz CT molecular complexity index is 936. The van der Waals surface area contributed by atoms with E-state index in [0.29, 0.717) is 16.9 Å². The monoisotopic (exact) mass is 376 g/mol. The van der Waals surface area contributed by atoms with Crippen LogP contribution in [0, 0.1) is 0 Å². The first-order chi connectivity index (χ1) is 13.7. The maximum absolute atomic E-state index is 12.8. The van der Waals surface area contributed by atoms with Crippen LogP contribution in [0.3, 0.4) is 0 Å². The van der Waals surface area contributed by atoms with E-state index in [0.717, 1.165) is 5.56 Å². The van der Waals surface area contributed by atoms with Gasteiger partial charge in [-0.25, -0.2) is 4.79 Å². The Morgan fingerprint density at radius 3 is 2.21 bits per heavy atom. The van der Waals surface area contributed by atoms with Crippen molar-refractivity contribution >= 4 is 11.8 Å². The van der Waals surface area contributed by atoms with Gasteiger partial charge in [0, 0.05) is 19.6 Å². The summed E-state index contributed by atoms with van der Waals surface area (Å²) in [6, 6.07) is 22.8. The van der Waals surface area contributed by atoms with Crippen molar-refractivity contribution in [2.45, 2.75) is 6.42 Å². The average molecular weight is 376 g/mol. The van der Waals surface area contributed by atoms with E-state index < -0.39 is 5.97 Å². The molecule has 0 N–H and O–H groups in total. The number of ether oxygens (including phenoxy) is 3. The van der Waals surface area contributed by atoms with Gasteiger partial charge >= 0.3 is 5.97 Å². The number of hydrogen-bond donors (Lipinski definition) is 0. The molecule has 0 aliphatic carbocycles. The lowest BCUT2D eigenvalue weighted by Crippen LogP contribution is -2.13. The third-order valence-electron chi connectivity index (χ3n) is 4.02. The van der Waals surface area contributed by atoms with Crippen molar-refractivity contribution in [2.75, 3.05) is 13.9 Å². The number of carbonyl (C=O) groups excluding carboxylic acids is 2. The van der Waals surface area contributed by atoms with Crippen LogP contribution in [0.1, 0.15) is 26.3 Å². The van der Waals surface area contributed by atoms with Gasteiger partial charge in [0.2, 0.25) is 0 Å². The van der Waals surface area contributed by atoms with E-state index in [2.05, 4.69) is 0 Å². The second-order valence-corrected chi connectivity index (χ2v) is 6.05. The summed E-state index contributed by atoms with van der Waals surface area (Å²) in [4.78, 5) is 25.3. The summed E-state index contributed by atoms with van der Waals surface area (Å²) in [7, 11) is 1.51. The number of benzene rings is 3. The molecule has 0 amide bonds. The minimum Gasteiger partial charge on any atom is -0.467 e. The summed E-state index contributed by atoms with van der Waals surface area (Å²) in [5, 5.41) is 0. The molecule has 3 aromatic rings. The van der Waals surface area contributed by atoms with E-state index in [9.17, 15) is 9.59 Å². The van der Waals surface area contributed by atoms with Gasteiger partial charge in [0.1, 0.15) is 11.5 Å². The van der Waals surface area contributed by atoms with Crippen LogP contribution in [0.15, 0.2) is 78.9 Å². The summed E-state index contributed by atoms with van der Waals surface area (Å²) in [5.41, 5.74) is 1.60. The van der Waals surface area contributed by atoms with Crippen LogP contribution in [-0.4, -0.2) is 25.7 Å². The molecule has 0 aromatic heterocycles. The van der Waals surface area contributed by atoms with Crippen LogP contribution < -0.4 is 9.47 Å². The molecule has 0 atom stereocenters. The molecule has 28 heavy (non-hydrogen) atoms. The number of rotatable bonds is 8. The molecule has 3 rings (SSSR count). The van der Waals surface area contributed by atoms with E-state index in [4.69, 9.17) is 14.2 Å². The lowest BCUT2D eigenvalue weighted by molar-refractivity contribution is 0.0508. The number of hydrogen-bond acceptors (Lipinski definition) is 5. The van der Waals surface area contributed by atoms with Crippen LogP contribution in [0.4, 0.5) is 0 Å². The predicted octanol–water partition coefficient (Wildman–Crippen LogP) is 4.31. The Morgan fingerprint density at radius 1 is 0.857 bits per heavy atom. The van der Waals surface area contributed by atoms with Gasteiger partial charge in [0.15, 0.2) is 12.6 Å². The van der Waals surface area contributed by atoms with Gasteiger partial charge in [-0.2, -0.15) is 0 Å². The molecule has 5 nitrogen and oxygen atoms in total. The predicted molar refractivity (Wildman–Crippen MR) is 105 cm³/mol. The fourth-order valence-corrected chi connectivity index (χ4v) is 2.64. The number of Topliss-reactive ketones (excluding diaryl/α,β-unsaturated/α-hetero) is 1. The van der Waals surface area contributed by atoms with Crippen molar-refractivity contribution in [1.82, 2.24) is 0 Å². The van der Waals surface area contributed by atoms with Gasteiger partial charge in [-0.05, 0) is 29.8 Å². The molecular weight excluding hydrogens is 356 g/mol. The SMILES string of the molecule is COCOc1ccc(C(=O)Cc2ccccc2)c(OC(=O)c2ccccc2)c1. The average Bonchev–Trinajstić information content (AvgIpc) is 2.73. The third kappa shape index (κ3) is 5.05. The molecule has 0 unspecified atom stereocenters. The Balaban J connectivity index is 1.87. The van der Waals surface area contributed by atoms with Gasteiger partial charge in [-0.1, -0.05) is 48.5 Å².